The molecule has 0 saturated heterocycles. The summed E-state index contributed by atoms with van der Waals surface area (Å²) in [6.07, 6.45) is 2.19. The fourth-order valence-corrected chi connectivity index (χ4v) is 2.87. The van der Waals surface area contributed by atoms with Crippen LogP contribution in [0, 0.1) is 23.0 Å². The highest BCUT2D eigenvalue weighted by atomic mass is 16.6. The van der Waals surface area contributed by atoms with Gasteiger partial charge in [0.05, 0.1) is 28.8 Å². The van der Waals surface area contributed by atoms with Crippen LogP contribution < -0.4 is 10.6 Å². The van der Waals surface area contributed by atoms with E-state index in [1.54, 1.807) is 19.1 Å². The molecule has 3 N–H and O–H groups in total. The summed E-state index contributed by atoms with van der Waals surface area (Å²) in [5, 5.41) is 27.1. The maximum Gasteiger partial charge on any atom is 0.274 e. The van der Waals surface area contributed by atoms with E-state index in [1.807, 2.05) is 19.9 Å². The van der Waals surface area contributed by atoms with Crippen molar-refractivity contribution in [1.82, 2.24) is 9.97 Å². The van der Waals surface area contributed by atoms with Gasteiger partial charge in [-0.25, -0.2) is 4.98 Å². The molecule has 1 fully saturated rings. The Balaban J connectivity index is 1.91. The average Bonchev–Trinajstić information content (AvgIpc) is 3.46. The summed E-state index contributed by atoms with van der Waals surface area (Å²) in [5.74, 6) is 1.68. The molecule has 27 heavy (non-hydrogen) atoms. The highest BCUT2D eigenvalue weighted by Crippen LogP contribution is 2.40. The second-order valence-corrected chi connectivity index (χ2v) is 7.29. The summed E-state index contributed by atoms with van der Waals surface area (Å²) in [6.45, 7) is 5.74. The van der Waals surface area contributed by atoms with Crippen LogP contribution in [0.5, 0.6) is 0 Å². The highest BCUT2D eigenvalue weighted by molar-refractivity contribution is 5.66. The fourth-order valence-electron chi connectivity index (χ4n) is 2.87. The van der Waals surface area contributed by atoms with Gasteiger partial charge in [0, 0.05) is 23.7 Å². The number of aliphatic hydroxyl groups excluding tert-OH is 1. The Morgan fingerprint density at radius 1 is 1.33 bits per heavy atom. The lowest BCUT2D eigenvalue weighted by atomic mass is 10.1. The van der Waals surface area contributed by atoms with Gasteiger partial charge in [-0.2, -0.15) is 4.98 Å². The first-order valence-electron chi connectivity index (χ1n) is 9.16. The Morgan fingerprint density at radius 2 is 2.07 bits per heavy atom. The van der Waals surface area contributed by atoms with Crippen LogP contribution in [0.15, 0.2) is 24.3 Å². The number of benzene rings is 1. The Morgan fingerprint density at radius 3 is 2.67 bits per heavy atom. The number of hydrogen-bond donors (Lipinski definition) is 3. The molecule has 1 aromatic carbocycles. The number of nitro groups is 1. The molecule has 1 atom stereocenters. The molecule has 0 unspecified atom stereocenters. The van der Waals surface area contributed by atoms with Crippen molar-refractivity contribution in [3.63, 3.8) is 0 Å². The Kier molecular flexibility index (Phi) is 5.55. The number of aliphatic hydroxyl groups is 1. The van der Waals surface area contributed by atoms with E-state index in [0.717, 1.165) is 18.5 Å². The fraction of sp³-hybridized carbons (Fsp3) is 0.474. The number of aromatic nitrogens is 2. The lowest BCUT2D eigenvalue weighted by Crippen LogP contribution is -2.30. The van der Waals surface area contributed by atoms with E-state index in [1.165, 1.54) is 6.07 Å². The van der Waals surface area contributed by atoms with E-state index in [9.17, 15) is 15.2 Å². The summed E-state index contributed by atoms with van der Waals surface area (Å²) >= 11 is 0. The van der Waals surface area contributed by atoms with Gasteiger partial charge < -0.3 is 15.7 Å². The van der Waals surface area contributed by atoms with Gasteiger partial charge in [0.25, 0.3) is 5.69 Å². The largest absolute Gasteiger partial charge is 0.394 e. The first-order chi connectivity index (χ1) is 12.9. The first kappa shape index (κ1) is 19.0. The Hall–Kier alpha value is -2.74. The van der Waals surface area contributed by atoms with Gasteiger partial charge in [-0.3, -0.25) is 10.1 Å². The lowest BCUT2D eigenvalue weighted by Gasteiger charge is -2.21. The molecule has 1 aliphatic carbocycles. The zero-order valence-corrected chi connectivity index (χ0v) is 15.8. The van der Waals surface area contributed by atoms with Crippen molar-refractivity contribution >= 4 is 23.1 Å². The van der Waals surface area contributed by atoms with E-state index in [4.69, 9.17) is 0 Å². The number of nitrogens with zero attached hydrogens (tertiary/aromatic N) is 3. The smallest absolute Gasteiger partial charge is 0.274 e. The minimum Gasteiger partial charge on any atom is -0.394 e. The van der Waals surface area contributed by atoms with Gasteiger partial charge >= 0.3 is 0 Å². The SMILES string of the molecule is Cc1c(Nc2cc(C3CC3)nc(N[C@@H](CO)C(C)C)n2)cccc1[N+](=O)[O-]. The number of rotatable bonds is 8. The van der Waals surface area contributed by atoms with Crippen LogP contribution >= 0.6 is 0 Å². The van der Waals surface area contributed by atoms with Gasteiger partial charge in [0.1, 0.15) is 5.82 Å². The predicted molar refractivity (Wildman–Crippen MR) is 104 cm³/mol. The number of anilines is 3. The van der Waals surface area contributed by atoms with Crippen LogP contribution in [-0.2, 0) is 0 Å². The van der Waals surface area contributed by atoms with Gasteiger partial charge in [-0.15, -0.1) is 0 Å². The molecule has 144 valence electrons. The zero-order chi connectivity index (χ0) is 19.6. The van der Waals surface area contributed by atoms with E-state index >= 15 is 0 Å². The third kappa shape index (κ3) is 4.51. The molecule has 1 aliphatic rings. The van der Waals surface area contributed by atoms with Crippen molar-refractivity contribution in [3.05, 3.63) is 45.6 Å². The van der Waals surface area contributed by atoms with Crippen LogP contribution in [0.25, 0.3) is 0 Å². The van der Waals surface area contributed by atoms with Crippen LogP contribution in [-0.4, -0.2) is 32.6 Å². The van der Waals surface area contributed by atoms with E-state index in [0.29, 0.717) is 28.9 Å². The molecule has 1 aromatic heterocycles. The monoisotopic (exact) mass is 371 g/mol. The number of nitro benzene ring substituents is 1. The van der Waals surface area contributed by atoms with E-state index < -0.39 is 4.92 Å². The zero-order valence-electron chi connectivity index (χ0n) is 15.8. The number of nitrogens with one attached hydrogen (secondary N) is 2. The molecular weight excluding hydrogens is 346 g/mol. The van der Waals surface area contributed by atoms with Gasteiger partial charge in [0.15, 0.2) is 0 Å². The molecule has 0 bridgehead atoms. The quantitative estimate of drug-likeness (QED) is 0.478. The molecular formula is C19H25N5O3. The topological polar surface area (TPSA) is 113 Å². The van der Waals surface area contributed by atoms with Crippen molar-refractivity contribution in [2.24, 2.45) is 5.92 Å². The molecule has 0 spiro atoms. The summed E-state index contributed by atoms with van der Waals surface area (Å²) in [4.78, 5) is 19.9. The van der Waals surface area contributed by atoms with Crippen molar-refractivity contribution in [2.45, 2.75) is 45.6 Å². The Labute approximate surface area is 158 Å². The second kappa shape index (κ2) is 7.87. The predicted octanol–water partition coefficient (Wildman–Crippen LogP) is 3.74. The first-order valence-corrected chi connectivity index (χ1v) is 9.16. The van der Waals surface area contributed by atoms with E-state index in [2.05, 4.69) is 20.6 Å². The molecule has 0 amide bonds. The van der Waals surface area contributed by atoms with Crippen molar-refractivity contribution in [2.75, 3.05) is 17.2 Å². The van der Waals surface area contributed by atoms with Gasteiger partial charge in [-0.1, -0.05) is 19.9 Å². The molecule has 1 saturated carbocycles. The minimum atomic E-state index is -0.391. The Bertz CT molecular complexity index is 836. The second-order valence-electron chi connectivity index (χ2n) is 7.29. The maximum absolute atomic E-state index is 11.2. The third-order valence-corrected chi connectivity index (χ3v) is 4.82. The van der Waals surface area contributed by atoms with Crippen molar-refractivity contribution in [3.8, 4) is 0 Å². The van der Waals surface area contributed by atoms with Crippen LogP contribution in [0.2, 0.25) is 0 Å². The molecule has 3 rings (SSSR count). The van der Waals surface area contributed by atoms with Gasteiger partial charge in [0.2, 0.25) is 5.95 Å². The molecule has 1 heterocycles. The van der Waals surface area contributed by atoms with Crippen molar-refractivity contribution < 1.29 is 10.0 Å². The lowest BCUT2D eigenvalue weighted by molar-refractivity contribution is -0.385. The summed E-state index contributed by atoms with van der Waals surface area (Å²) < 4.78 is 0. The number of hydrogen-bond acceptors (Lipinski definition) is 7. The summed E-state index contributed by atoms with van der Waals surface area (Å²) in [6, 6.07) is 6.67. The molecule has 0 aliphatic heterocycles. The molecule has 2 aromatic rings. The third-order valence-electron chi connectivity index (χ3n) is 4.82. The molecule has 8 heteroatoms. The molecule has 8 nitrogen and oxygen atoms in total. The summed E-state index contributed by atoms with van der Waals surface area (Å²) in [7, 11) is 0. The summed E-state index contributed by atoms with van der Waals surface area (Å²) in [5.41, 5.74) is 2.20. The standard InChI is InChI=1S/C19H25N5O3/c1-11(2)16(10-25)22-19-21-15(13-7-8-13)9-18(23-19)20-14-5-4-6-17(12(14)3)24(26)27/h4-6,9,11,13,16,25H,7-8,10H2,1-3H3,(H2,20,21,22,23)/t16-/m0/s1. The highest BCUT2D eigenvalue weighted by Gasteiger charge is 2.27. The average molecular weight is 371 g/mol. The van der Waals surface area contributed by atoms with Gasteiger partial charge in [-0.05, 0) is 31.7 Å². The van der Waals surface area contributed by atoms with Crippen LogP contribution in [0.4, 0.5) is 23.1 Å². The van der Waals surface area contributed by atoms with Crippen molar-refractivity contribution in [1.29, 1.82) is 0 Å². The van der Waals surface area contributed by atoms with Crippen LogP contribution in [0.1, 0.15) is 43.9 Å². The normalized spacial score (nSPS) is 14.9. The molecule has 0 radical (unpaired) electrons. The van der Waals surface area contributed by atoms with Crippen LogP contribution in [0.3, 0.4) is 0 Å². The maximum atomic E-state index is 11.2. The minimum absolute atomic E-state index is 0.0125. The van der Waals surface area contributed by atoms with E-state index in [-0.39, 0.29) is 24.3 Å².